The number of piperidine rings is 1. The molecule has 9 nitrogen and oxygen atoms in total. The van der Waals surface area contributed by atoms with Crippen LogP contribution >= 0.6 is 0 Å². The Morgan fingerprint density at radius 3 is 2.62 bits per heavy atom. The molecule has 2 fully saturated rings. The van der Waals surface area contributed by atoms with Crippen LogP contribution in [0.3, 0.4) is 0 Å². The summed E-state index contributed by atoms with van der Waals surface area (Å²) in [6.45, 7) is 10.3. The summed E-state index contributed by atoms with van der Waals surface area (Å²) < 4.78 is 27.0. The number of aromatic amines is 1. The molecular weight excluding hydrogens is 441 g/mol. The second-order valence-corrected chi connectivity index (χ2v) is 10.9. The Morgan fingerprint density at radius 1 is 1.26 bits per heavy atom. The predicted molar refractivity (Wildman–Crippen MR) is 124 cm³/mol. The molecule has 1 N–H and O–H groups in total. The van der Waals surface area contributed by atoms with Gasteiger partial charge in [0.05, 0.1) is 6.61 Å². The second kappa shape index (κ2) is 11.0. The molecule has 0 spiro atoms. The third kappa shape index (κ3) is 6.88. The lowest BCUT2D eigenvalue weighted by atomic mass is 9.67. The summed E-state index contributed by atoms with van der Waals surface area (Å²) in [6.07, 6.45) is 3.86. The van der Waals surface area contributed by atoms with Crippen molar-refractivity contribution in [3.63, 3.8) is 0 Å². The fraction of sp³-hybridized carbons (Fsp3) is 0.875. The van der Waals surface area contributed by atoms with Gasteiger partial charge in [-0.15, -0.1) is 10.2 Å². The van der Waals surface area contributed by atoms with Gasteiger partial charge in [0.1, 0.15) is 17.3 Å². The number of nitrogens with one attached hydrogen (secondary N) is 1. The van der Waals surface area contributed by atoms with E-state index in [0.29, 0.717) is 57.5 Å². The number of carbonyl (C=O) groups is 2. The van der Waals surface area contributed by atoms with E-state index in [2.05, 4.69) is 34.5 Å². The number of hydrogen-bond donors (Lipinski definition) is 1. The molecule has 4 atom stereocenters. The normalized spacial score (nSPS) is 27.4. The Balaban J connectivity index is 1.71. The molecule has 1 saturated carbocycles. The van der Waals surface area contributed by atoms with Crippen molar-refractivity contribution in [1.82, 2.24) is 25.5 Å². The van der Waals surface area contributed by atoms with Gasteiger partial charge >= 0.3 is 12.1 Å². The molecule has 1 aromatic rings. The number of likely N-dealkylation sites (tertiary alicyclic amines) is 1. The maximum Gasteiger partial charge on any atom is 0.411 e. The second-order valence-electron chi connectivity index (χ2n) is 10.9. The topological polar surface area (TPSA) is 110 Å². The molecule has 0 aromatic carbocycles. The highest BCUT2D eigenvalue weighted by atomic mass is 19.1. The van der Waals surface area contributed by atoms with Crippen LogP contribution < -0.4 is 0 Å². The van der Waals surface area contributed by atoms with Gasteiger partial charge < -0.3 is 9.47 Å². The van der Waals surface area contributed by atoms with Gasteiger partial charge in [-0.3, -0.25) is 4.90 Å². The number of aromatic nitrogens is 4. The smallest absolute Gasteiger partial charge is 0.411 e. The van der Waals surface area contributed by atoms with E-state index in [0.717, 1.165) is 12.8 Å². The number of aryl methyl sites for hydroxylation is 1. The number of hydrogen-bond acceptors (Lipinski definition) is 7. The van der Waals surface area contributed by atoms with Crippen molar-refractivity contribution in [3.8, 4) is 0 Å². The van der Waals surface area contributed by atoms with E-state index in [9.17, 15) is 9.59 Å². The Bertz CT molecular complexity index is 811. The van der Waals surface area contributed by atoms with Crippen molar-refractivity contribution in [3.05, 3.63) is 5.82 Å². The van der Waals surface area contributed by atoms with E-state index in [4.69, 9.17) is 9.47 Å². The molecule has 2 aliphatic rings. The summed E-state index contributed by atoms with van der Waals surface area (Å²) in [7, 11) is 0. The van der Waals surface area contributed by atoms with Crippen LogP contribution in [0.25, 0.3) is 0 Å². The summed E-state index contributed by atoms with van der Waals surface area (Å²) >= 11 is 0. The molecule has 1 aliphatic carbocycles. The number of halogens is 1. The van der Waals surface area contributed by atoms with Crippen molar-refractivity contribution in [2.75, 3.05) is 13.2 Å². The molecule has 2 heterocycles. The van der Waals surface area contributed by atoms with Gasteiger partial charge in [0.25, 0.3) is 0 Å². The van der Waals surface area contributed by atoms with Gasteiger partial charge in [0.2, 0.25) is 0 Å². The maximum absolute atomic E-state index is 15.8. The first-order valence-electron chi connectivity index (χ1n) is 12.6. The fourth-order valence-electron chi connectivity index (χ4n) is 5.15. The van der Waals surface area contributed by atoms with E-state index in [-0.39, 0.29) is 17.8 Å². The van der Waals surface area contributed by atoms with Crippen molar-refractivity contribution in [2.24, 2.45) is 17.8 Å². The number of ether oxygens (including phenoxy) is 2. The lowest BCUT2D eigenvalue weighted by Gasteiger charge is -2.48. The van der Waals surface area contributed by atoms with Crippen LogP contribution in [0.4, 0.5) is 9.18 Å². The van der Waals surface area contributed by atoms with Crippen LogP contribution in [0.2, 0.25) is 0 Å². The van der Waals surface area contributed by atoms with E-state index >= 15 is 4.39 Å². The number of alkyl halides is 1. The van der Waals surface area contributed by atoms with Crippen LogP contribution in [-0.2, 0) is 20.7 Å². The van der Waals surface area contributed by atoms with E-state index in [1.165, 1.54) is 4.90 Å². The summed E-state index contributed by atoms with van der Waals surface area (Å²) in [5.41, 5.74) is -2.02. The SMILES string of the molecule is CCC(CC)COC(=O)[C@@H]1C[C@H]2C[C@@](F)(CCc3nn[nH]n3)CC[C@H]2CN1C(=O)OC(C)(C)C. The summed E-state index contributed by atoms with van der Waals surface area (Å²) in [5.74, 6) is 0.492. The molecule has 1 saturated heterocycles. The van der Waals surface area contributed by atoms with Crippen LogP contribution in [0, 0.1) is 17.8 Å². The molecule has 10 heteroatoms. The molecule has 34 heavy (non-hydrogen) atoms. The zero-order valence-corrected chi connectivity index (χ0v) is 21.2. The van der Waals surface area contributed by atoms with Gasteiger partial charge in [-0.1, -0.05) is 31.9 Å². The molecule has 0 bridgehead atoms. The predicted octanol–water partition coefficient (Wildman–Crippen LogP) is 4.25. The number of nitrogens with zero attached hydrogens (tertiary/aromatic N) is 4. The van der Waals surface area contributed by atoms with Gasteiger partial charge in [-0.2, -0.15) is 5.21 Å². The summed E-state index contributed by atoms with van der Waals surface area (Å²) in [5, 5.41) is 13.8. The van der Waals surface area contributed by atoms with Gasteiger partial charge in [-0.25, -0.2) is 14.0 Å². The summed E-state index contributed by atoms with van der Waals surface area (Å²) in [6, 6.07) is -0.759. The molecule has 0 unspecified atom stereocenters. The van der Waals surface area contributed by atoms with Crippen LogP contribution in [0.5, 0.6) is 0 Å². The number of fused-ring (bicyclic) bond motifs is 1. The minimum absolute atomic E-state index is 0.00611. The Hall–Kier alpha value is -2.26. The molecule has 1 aliphatic heterocycles. The Labute approximate surface area is 201 Å². The lowest BCUT2D eigenvalue weighted by Crippen LogP contribution is -2.57. The third-order valence-electron chi connectivity index (χ3n) is 7.29. The average molecular weight is 482 g/mol. The number of amides is 1. The Kier molecular flexibility index (Phi) is 8.52. The molecule has 1 aromatic heterocycles. The van der Waals surface area contributed by atoms with Gasteiger partial charge in [0.15, 0.2) is 5.82 Å². The van der Waals surface area contributed by atoms with E-state index < -0.39 is 29.4 Å². The Morgan fingerprint density at radius 2 is 2.00 bits per heavy atom. The van der Waals surface area contributed by atoms with Crippen molar-refractivity contribution >= 4 is 12.1 Å². The van der Waals surface area contributed by atoms with Crippen LogP contribution in [0.1, 0.15) is 85.4 Å². The number of esters is 1. The monoisotopic (exact) mass is 481 g/mol. The van der Waals surface area contributed by atoms with Crippen LogP contribution in [0.15, 0.2) is 0 Å². The number of carbonyl (C=O) groups excluding carboxylic acids is 2. The average Bonchev–Trinajstić information content (AvgIpc) is 3.30. The molecular formula is C24H40FN5O4. The van der Waals surface area contributed by atoms with Gasteiger partial charge in [-0.05, 0) is 70.6 Å². The minimum Gasteiger partial charge on any atom is -0.464 e. The van der Waals surface area contributed by atoms with Crippen molar-refractivity contribution < 1.29 is 23.5 Å². The maximum atomic E-state index is 15.8. The molecule has 1 amide bonds. The standard InChI is InChI=1S/C24H40FN5O4/c1-6-16(7-2)15-33-21(31)19-12-18-13-24(25,11-9-20-26-28-29-27-20)10-8-17(18)14-30(19)22(32)34-23(3,4)5/h16-19H,6-15H2,1-5H3,(H,26,27,28,29)/t17-,18-,19-,24-/m0/s1. The van der Waals surface area contributed by atoms with Gasteiger partial charge in [0, 0.05) is 13.0 Å². The van der Waals surface area contributed by atoms with E-state index in [1.54, 1.807) is 20.8 Å². The molecule has 192 valence electrons. The number of H-pyrrole nitrogens is 1. The number of tetrazole rings is 1. The first-order chi connectivity index (χ1) is 16.0. The molecule has 0 radical (unpaired) electrons. The van der Waals surface area contributed by atoms with Crippen molar-refractivity contribution in [1.29, 1.82) is 0 Å². The number of rotatable bonds is 8. The highest BCUT2D eigenvalue weighted by Crippen LogP contribution is 2.46. The van der Waals surface area contributed by atoms with E-state index in [1.807, 2.05) is 0 Å². The zero-order valence-electron chi connectivity index (χ0n) is 21.2. The third-order valence-corrected chi connectivity index (χ3v) is 7.29. The first-order valence-corrected chi connectivity index (χ1v) is 12.6. The zero-order chi connectivity index (χ0) is 24.9. The lowest BCUT2D eigenvalue weighted by molar-refractivity contribution is -0.156. The van der Waals surface area contributed by atoms with Crippen molar-refractivity contribution in [2.45, 2.75) is 103 Å². The first kappa shape index (κ1) is 26.3. The highest BCUT2D eigenvalue weighted by Gasteiger charge is 2.49. The quantitative estimate of drug-likeness (QED) is 0.553. The molecule has 3 rings (SSSR count). The minimum atomic E-state index is -1.35. The fourth-order valence-corrected chi connectivity index (χ4v) is 5.15. The summed E-state index contributed by atoms with van der Waals surface area (Å²) in [4.78, 5) is 27.7. The largest absolute Gasteiger partial charge is 0.464 e. The van der Waals surface area contributed by atoms with Crippen LogP contribution in [-0.4, -0.2) is 68.0 Å². The highest BCUT2D eigenvalue weighted by molar-refractivity contribution is 5.82.